The first-order chi connectivity index (χ1) is 14.3. The fraction of sp³-hybridized carbons (Fsp3) is 0.364. The summed E-state index contributed by atoms with van der Waals surface area (Å²) >= 11 is 0. The van der Waals surface area contributed by atoms with Gasteiger partial charge in [0, 0.05) is 32.2 Å². The molecule has 0 aromatic heterocycles. The molecule has 0 bridgehead atoms. The van der Waals surface area contributed by atoms with Gasteiger partial charge in [-0.3, -0.25) is 4.79 Å². The van der Waals surface area contributed by atoms with Gasteiger partial charge in [-0.05, 0) is 23.8 Å². The Morgan fingerprint density at radius 3 is 2.57 bits per heavy atom. The summed E-state index contributed by atoms with van der Waals surface area (Å²) < 4.78 is 45.7. The van der Waals surface area contributed by atoms with Crippen LogP contribution >= 0.6 is 0 Å². The van der Waals surface area contributed by atoms with Gasteiger partial charge in [-0.1, -0.05) is 30.3 Å². The number of amides is 1. The number of anilines is 1. The summed E-state index contributed by atoms with van der Waals surface area (Å²) in [6.45, 7) is 3.26. The van der Waals surface area contributed by atoms with Crippen LogP contribution in [0, 0.1) is 11.3 Å². The molecule has 30 heavy (non-hydrogen) atoms. The first kappa shape index (κ1) is 21.7. The van der Waals surface area contributed by atoms with Gasteiger partial charge in [-0.25, -0.2) is 0 Å². The van der Waals surface area contributed by atoms with Crippen molar-refractivity contribution in [1.29, 1.82) is 5.26 Å². The topological polar surface area (TPSA) is 56.6 Å². The molecule has 0 spiro atoms. The second-order valence-corrected chi connectivity index (χ2v) is 7.15. The van der Waals surface area contributed by atoms with Gasteiger partial charge in [0.05, 0.1) is 36.5 Å². The van der Waals surface area contributed by atoms with Gasteiger partial charge in [0.1, 0.15) is 0 Å². The lowest BCUT2D eigenvalue weighted by Crippen LogP contribution is -2.56. The highest BCUT2D eigenvalue weighted by Gasteiger charge is 2.35. The summed E-state index contributed by atoms with van der Waals surface area (Å²) in [6.07, 6.45) is -4.61. The third-order valence-electron chi connectivity index (χ3n) is 5.10. The van der Waals surface area contributed by atoms with E-state index in [9.17, 15) is 18.0 Å². The van der Waals surface area contributed by atoms with E-state index in [0.29, 0.717) is 31.9 Å². The molecule has 1 aliphatic heterocycles. The molecule has 0 saturated carbocycles. The van der Waals surface area contributed by atoms with Crippen molar-refractivity contribution in [3.05, 3.63) is 65.2 Å². The third kappa shape index (κ3) is 5.10. The van der Waals surface area contributed by atoms with E-state index in [1.54, 1.807) is 15.9 Å². The first-order valence-corrected chi connectivity index (χ1v) is 9.54. The van der Waals surface area contributed by atoms with Crippen LogP contribution < -0.4 is 4.90 Å². The summed E-state index contributed by atoms with van der Waals surface area (Å²) in [5.74, 6) is -0.0984. The molecule has 1 fully saturated rings. The number of piperazine rings is 1. The average Bonchev–Trinajstić information content (AvgIpc) is 2.73. The van der Waals surface area contributed by atoms with Gasteiger partial charge < -0.3 is 14.5 Å². The zero-order valence-corrected chi connectivity index (χ0v) is 16.5. The number of halogens is 3. The molecule has 1 amide bonds. The number of nitrogens with zero attached hydrogens (tertiary/aromatic N) is 3. The summed E-state index contributed by atoms with van der Waals surface area (Å²) in [5.41, 5.74) is 0.0174. The van der Waals surface area contributed by atoms with E-state index < -0.39 is 17.3 Å². The Hall–Kier alpha value is -3.05. The molecule has 2 aromatic rings. The molecule has 1 aliphatic rings. The molecule has 0 N–H and O–H groups in total. The quantitative estimate of drug-likeness (QED) is 0.742. The van der Waals surface area contributed by atoms with E-state index in [4.69, 9.17) is 10.00 Å². The van der Waals surface area contributed by atoms with Crippen LogP contribution in [0.3, 0.4) is 0 Å². The van der Waals surface area contributed by atoms with Crippen molar-refractivity contribution in [1.82, 2.24) is 4.90 Å². The van der Waals surface area contributed by atoms with Crippen molar-refractivity contribution in [2.45, 2.75) is 25.7 Å². The van der Waals surface area contributed by atoms with Crippen LogP contribution in [-0.2, 0) is 22.3 Å². The summed E-state index contributed by atoms with van der Waals surface area (Å²) in [7, 11) is 0. The monoisotopic (exact) mass is 417 g/mol. The van der Waals surface area contributed by atoms with Crippen molar-refractivity contribution in [2.75, 3.05) is 31.1 Å². The van der Waals surface area contributed by atoms with Crippen molar-refractivity contribution < 1.29 is 22.7 Å². The molecule has 1 unspecified atom stereocenters. The number of carbonyl (C=O) groups is 1. The molecule has 2 aromatic carbocycles. The highest BCUT2D eigenvalue weighted by Crippen LogP contribution is 2.35. The zero-order chi connectivity index (χ0) is 21.7. The fourth-order valence-electron chi connectivity index (χ4n) is 3.60. The summed E-state index contributed by atoms with van der Waals surface area (Å²) in [4.78, 5) is 15.5. The lowest BCUT2D eigenvalue weighted by Gasteiger charge is -2.42. The maximum Gasteiger partial charge on any atom is 0.417 e. The Labute approximate surface area is 173 Å². The Kier molecular flexibility index (Phi) is 6.63. The van der Waals surface area contributed by atoms with E-state index in [2.05, 4.69) is 0 Å². The number of hydrogen-bond donors (Lipinski definition) is 0. The summed E-state index contributed by atoms with van der Waals surface area (Å²) in [6, 6.07) is 14.6. The first-order valence-electron chi connectivity index (χ1n) is 9.54. The van der Waals surface area contributed by atoms with E-state index in [1.807, 2.05) is 30.3 Å². The van der Waals surface area contributed by atoms with Crippen molar-refractivity contribution in [3.63, 3.8) is 0 Å². The lowest BCUT2D eigenvalue weighted by molar-refractivity contribution is -0.137. The minimum Gasteiger partial charge on any atom is -0.375 e. The second-order valence-electron chi connectivity index (χ2n) is 7.15. The number of benzene rings is 2. The Morgan fingerprint density at radius 2 is 1.93 bits per heavy atom. The second kappa shape index (κ2) is 9.18. The molecular weight excluding hydrogens is 395 g/mol. The van der Waals surface area contributed by atoms with Crippen LogP contribution in [0.25, 0.3) is 0 Å². The number of ether oxygens (including phenoxy) is 1. The molecule has 8 heteroatoms. The fourth-order valence-corrected chi connectivity index (χ4v) is 3.60. The van der Waals surface area contributed by atoms with Gasteiger partial charge in [-0.2, -0.15) is 18.4 Å². The predicted molar refractivity (Wildman–Crippen MR) is 106 cm³/mol. The van der Waals surface area contributed by atoms with Gasteiger partial charge in [-0.15, -0.1) is 0 Å². The molecule has 0 radical (unpaired) electrons. The number of nitriles is 1. The van der Waals surface area contributed by atoms with Crippen molar-refractivity contribution in [2.24, 2.45) is 0 Å². The molecule has 5 nitrogen and oxygen atoms in total. The van der Waals surface area contributed by atoms with Crippen LogP contribution in [0.15, 0.2) is 48.5 Å². The largest absolute Gasteiger partial charge is 0.417 e. The maximum atomic E-state index is 13.3. The maximum absolute atomic E-state index is 13.3. The van der Waals surface area contributed by atoms with Crippen LogP contribution in [-0.4, -0.2) is 43.1 Å². The highest BCUT2D eigenvalue weighted by molar-refractivity contribution is 5.74. The SMILES string of the molecule is CC(=O)N1CCN(c2ccc(C#N)c(C(F)(F)F)c2)CC1COCc1ccccc1. The standard InChI is InChI=1S/C22H22F3N3O2/c1-16(29)28-10-9-27(13-20(28)15-30-14-17-5-3-2-4-6-17)19-8-7-18(12-26)21(11-19)22(23,24)25/h2-8,11,20H,9-10,13-15H2,1H3. The molecule has 158 valence electrons. The van der Waals surface area contributed by atoms with E-state index in [-0.39, 0.29) is 18.6 Å². The smallest absolute Gasteiger partial charge is 0.375 e. The van der Waals surface area contributed by atoms with Gasteiger partial charge in [0.25, 0.3) is 0 Å². The van der Waals surface area contributed by atoms with Crippen LogP contribution in [0.2, 0.25) is 0 Å². The van der Waals surface area contributed by atoms with E-state index >= 15 is 0 Å². The minimum absolute atomic E-state index is 0.0984. The van der Waals surface area contributed by atoms with E-state index in [1.165, 1.54) is 19.1 Å². The number of alkyl halides is 3. The molecule has 1 atom stereocenters. The van der Waals surface area contributed by atoms with Crippen LogP contribution in [0.1, 0.15) is 23.6 Å². The lowest BCUT2D eigenvalue weighted by atomic mass is 10.1. The van der Waals surface area contributed by atoms with Gasteiger partial charge in [0.2, 0.25) is 5.91 Å². The van der Waals surface area contributed by atoms with Gasteiger partial charge >= 0.3 is 6.18 Å². The number of hydrogen-bond acceptors (Lipinski definition) is 4. The van der Waals surface area contributed by atoms with Crippen molar-refractivity contribution in [3.8, 4) is 6.07 Å². The number of carbonyl (C=O) groups excluding carboxylic acids is 1. The minimum atomic E-state index is -4.61. The Morgan fingerprint density at radius 1 is 1.20 bits per heavy atom. The van der Waals surface area contributed by atoms with Crippen LogP contribution in [0.4, 0.5) is 18.9 Å². The van der Waals surface area contributed by atoms with Gasteiger partial charge in [0.15, 0.2) is 0 Å². The zero-order valence-electron chi connectivity index (χ0n) is 16.5. The average molecular weight is 417 g/mol. The van der Waals surface area contributed by atoms with E-state index in [0.717, 1.165) is 11.6 Å². The molecule has 0 aliphatic carbocycles. The molecule has 3 rings (SSSR count). The van der Waals surface area contributed by atoms with Crippen LogP contribution in [0.5, 0.6) is 0 Å². The number of rotatable bonds is 5. The highest BCUT2D eigenvalue weighted by atomic mass is 19.4. The molecule has 1 heterocycles. The van der Waals surface area contributed by atoms with Crippen molar-refractivity contribution >= 4 is 11.6 Å². The third-order valence-corrected chi connectivity index (χ3v) is 5.10. The molecule has 1 saturated heterocycles. The molecular formula is C22H22F3N3O2. The summed E-state index contributed by atoms with van der Waals surface area (Å²) in [5, 5.41) is 8.99. The normalized spacial score (nSPS) is 17.0. The Bertz CT molecular complexity index is 925. The predicted octanol–water partition coefficient (Wildman–Crippen LogP) is 3.83. The Balaban J connectivity index is 1.74.